The molecule has 3 aromatic carbocycles. The van der Waals surface area contributed by atoms with Gasteiger partial charge in [-0.25, -0.2) is 0 Å². The number of aromatic nitrogens is 3. The zero-order chi connectivity index (χ0) is 21.2. The lowest BCUT2D eigenvalue weighted by molar-refractivity contribution is 0.225. The molecule has 1 atom stereocenters. The second kappa shape index (κ2) is 8.28. The minimum Gasteiger partial charge on any atom is -0.508 e. The average Bonchev–Trinajstić information content (AvgIpc) is 2.95. The minimum absolute atomic E-state index is 0.177. The van der Waals surface area contributed by atoms with E-state index in [-0.39, 0.29) is 5.75 Å². The molecule has 0 spiro atoms. The summed E-state index contributed by atoms with van der Waals surface area (Å²) in [6.45, 7) is 2.07. The third kappa shape index (κ3) is 4.18. The van der Waals surface area contributed by atoms with Crippen LogP contribution in [-0.4, -0.2) is 20.3 Å². The molecule has 4 aromatic rings. The lowest BCUT2D eigenvalue weighted by atomic mass is 10.1. The van der Waals surface area contributed by atoms with Gasteiger partial charge in [0.05, 0.1) is 0 Å². The first-order valence-corrected chi connectivity index (χ1v) is 10.9. The fraction of sp³-hybridized carbons (Fsp3) is 0.125. The van der Waals surface area contributed by atoms with Crippen LogP contribution in [0.1, 0.15) is 22.9 Å². The molecule has 0 fully saturated rings. The van der Waals surface area contributed by atoms with Crippen LogP contribution in [0.25, 0.3) is 11.3 Å². The number of anilines is 1. The summed E-state index contributed by atoms with van der Waals surface area (Å²) >= 11 is 1.51. The third-order valence-electron chi connectivity index (χ3n) is 5.00. The van der Waals surface area contributed by atoms with Crippen molar-refractivity contribution in [1.29, 1.82) is 0 Å². The third-order valence-corrected chi connectivity index (χ3v) is 5.90. The molecule has 2 N–H and O–H groups in total. The van der Waals surface area contributed by atoms with Gasteiger partial charge in [0.1, 0.15) is 5.75 Å². The number of benzene rings is 3. The molecule has 0 saturated carbocycles. The van der Waals surface area contributed by atoms with Crippen LogP contribution in [0.5, 0.6) is 11.6 Å². The predicted octanol–water partition coefficient (Wildman–Crippen LogP) is 5.35. The van der Waals surface area contributed by atoms with E-state index in [1.54, 1.807) is 18.2 Å². The van der Waals surface area contributed by atoms with E-state index in [9.17, 15) is 5.11 Å². The lowest BCUT2D eigenvalue weighted by Crippen LogP contribution is -2.17. The summed E-state index contributed by atoms with van der Waals surface area (Å²) < 4.78 is 6.24. The van der Waals surface area contributed by atoms with E-state index >= 15 is 0 Å². The quantitative estimate of drug-likeness (QED) is 0.424. The fourth-order valence-corrected chi connectivity index (χ4v) is 4.11. The Morgan fingerprint density at radius 3 is 2.68 bits per heavy atom. The van der Waals surface area contributed by atoms with E-state index in [0.717, 1.165) is 22.6 Å². The number of phenols is 1. The number of nitrogens with zero attached hydrogens (tertiary/aromatic N) is 3. The van der Waals surface area contributed by atoms with Crippen LogP contribution in [0.3, 0.4) is 0 Å². The number of fused-ring (bicyclic) bond motifs is 3. The molecule has 2 heterocycles. The van der Waals surface area contributed by atoms with Crippen LogP contribution >= 0.6 is 11.8 Å². The number of hydrogen-bond donors (Lipinski definition) is 2. The standard InChI is InChI=1S/C24H20N4O2S/c1-15-9-11-16(12-10-15)14-31-24-26-23-21(27-28-24)19-7-2-3-8-20(19)25-22(30-23)17-5-4-6-18(29)13-17/h2-13,22,25,29H,14H2,1H3/t22-/m0/s1. The molecule has 0 radical (unpaired) electrons. The van der Waals surface area contributed by atoms with Crippen molar-refractivity contribution in [3.8, 4) is 22.9 Å². The Morgan fingerprint density at radius 2 is 1.84 bits per heavy atom. The van der Waals surface area contributed by atoms with Crippen molar-refractivity contribution >= 4 is 17.4 Å². The molecular formula is C24H20N4O2S. The molecular weight excluding hydrogens is 408 g/mol. The van der Waals surface area contributed by atoms with Crippen LogP contribution in [0.4, 0.5) is 5.69 Å². The first kappa shape index (κ1) is 19.4. The second-order valence-electron chi connectivity index (χ2n) is 7.31. The van der Waals surface area contributed by atoms with Crippen molar-refractivity contribution in [2.45, 2.75) is 24.1 Å². The normalized spacial score (nSPS) is 14.5. The van der Waals surface area contributed by atoms with E-state index < -0.39 is 6.23 Å². The highest BCUT2D eigenvalue weighted by Gasteiger charge is 2.26. The van der Waals surface area contributed by atoms with E-state index in [4.69, 9.17) is 4.74 Å². The predicted molar refractivity (Wildman–Crippen MR) is 121 cm³/mol. The van der Waals surface area contributed by atoms with Gasteiger partial charge in [-0.3, -0.25) is 0 Å². The van der Waals surface area contributed by atoms with Crippen molar-refractivity contribution in [2.24, 2.45) is 0 Å². The number of aryl methyl sites for hydroxylation is 1. The maximum Gasteiger partial charge on any atom is 0.247 e. The van der Waals surface area contributed by atoms with Gasteiger partial charge < -0.3 is 15.2 Å². The summed E-state index contributed by atoms with van der Waals surface area (Å²) in [5, 5.41) is 22.6. The van der Waals surface area contributed by atoms with Crippen molar-refractivity contribution in [3.05, 3.63) is 89.5 Å². The summed E-state index contributed by atoms with van der Waals surface area (Å²) in [4.78, 5) is 4.67. The number of hydrogen-bond acceptors (Lipinski definition) is 7. The SMILES string of the molecule is Cc1ccc(CSc2nnc3c(n2)O[C@@H](c2cccc(O)c2)Nc2ccccc2-3)cc1. The van der Waals surface area contributed by atoms with Gasteiger partial charge in [-0.2, -0.15) is 4.98 Å². The molecule has 0 saturated heterocycles. The number of ether oxygens (including phenoxy) is 1. The van der Waals surface area contributed by atoms with Crippen molar-refractivity contribution in [2.75, 3.05) is 5.32 Å². The Hall–Kier alpha value is -3.58. The molecule has 0 amide bonds. The Labute approximate surface area is 184 Å². The molecule has 0 bridgehead atoms. The highest BCUT2D eigenvalue weighted by molar-refractivity contribution is 7.98. The molecule has 1 aromatic heterocycles. The van der Waals surface area contributed by atoms with Gasteiger partial charge in [0.25, 0.3) is 0 Å². The summed E-state index contributed by atoms with van der Waals surface area (Å²) in [6.07, 6.45) is -0.527. The number of thioether (sulfide) groups is 1. The molecule has 7 heteroatoms. The molecule has 6 nitrogen and oxygen atoms in total. The molecule has 1 aliphatic rings. The van der Waals surface area contributed by atoms with Crippen LogP contribution < -0.4 is 10.1 Å². The number of para-hydroxylation sites is 1. The van der Waals surface area contributed by atoms with Gasteiger partial charge in [0.2, 0.25) is 11.0 Å². The number of aromatic hydroxyl groups is 1. The Bertz CT molecular complexity index is 1230. The number of nitrogens with one attached hydrogen (secondary N) is 1. The summed E-state index contributed by atoms with van der Waals surface area (Å²) in [6, 6.07) is 23.2. The minimum atomic E-state index is -0.527. The summed E-state index contributed by atoms with van der Waals surface area (Å²) in [7, 11) is 0. The average molecular weight is 429 g/mol. The van der Waals surface area contributed by atoms with Crippen LogP contribution in [0.2, 0.25) is 0 Å². The van der Waals surface area contributed by atoms with Crippen molar-refractivity contribution < 1.29 is 9.84 Å². The van der Waals surface area contributed by atoms with Gasteiger partial charge in [0.15, 0.2) is 11.9 Å². The number of rotatable bonds is 4. The molecule has 154 valence electrons. The highest BCUT2D eigenvalue weighted by Crippen LogP contribution is 2.39. The van der Waals surface area contributed by atoms with Gasteiger partial charge in [-0.05, 0) is 30.7 Å². The van der Waals surface area contributed by atoms with Gasteiger partial charge >= 0.3 is 0 Å². The van der Waals surface area contributed by atoms with Gasteiger partial charge in [-0.1, -0.05) is 71.9 Å². The van der Waals surface area contributed by atoms with Gasteiger partial charge in [-0.15, -0.1) is 10.2 Å². The largest absolute Gasteiger partial charge is 0.508 e. The summed E-state index contributed by atoms with van der Waals surface area (Å²) in [5.74, 6) is 1.33. The van der Waals surface area contributed by atoms with Crippen molar-refractivity contribution in [3.63, 3.8) is 0 Å². The first-order chi connectivity index (χ1) is 15.2. The maximum atomic E-state index is 9.92. The van der Waals surface area contributed by atoms with E-state index in [1.807, 2.05) is 30.3 Å². The fourth-order valence-electron chi connectivity index (χ4n) is 3.38. The second-order valence-corrected chi connectivity index (χ2v) is 8.25. The van der Waals surface area contributed by atoms with E-state index in [2.05, 4.69) is 51.7 Å². The maximum absolute atomic E-state index is 9.92. The molecule has 1 aliphatic heterocycles. The zero-order valence-electron chi connectivity index (χ0n) is 16.8. The lowest BCUT2D eigenvalue weighted by Gasteiger charge is -2.19. The Balaban J connectivity index is 1.48. The molecule has 31 heavy (non-hydrogen) atoms. The van der Waals surface area contributed by atoms with Crippen LogP contribution in [0.15, 0.2) is 78.0 Å². The van der Waals surface area contributed by atoms with Crippen LogP contribution in [-0.2, 0) is 5.75 Å². The molecule has 0 aliphatic carbocycles. The smallest absolute Gasteiger partial charge is 0.247 e. The molecule has 0 unspecified atom stereocenters. The summed E-state index contributed by atoms with van der Waals surface area (Å²) in [5.41, 5.74) is 5.54. The monoisotopic (exact) mass is 428 g/mol. The van der Waals surface area contributed by atoms with Gasteiger partial charge in [0, 0.05) is 22.6 Å². The highest BCUT2D eigenvalue weighted by atomic mass is 32.2. The number of phenolic OH excluding ortho intramolecular Hbond substituents is 1. The van der Waals surface area contributed by atoms with E-state index in [0.29, 0.717) is 16.7 Å². The molecule has 5 rings (SSSR count). The zero-order valence-corrected chi connectivity index (χ0v) is 17.6. The van der Waals surface area contributed by atoms with Crippen molar-refractivity contribution in [1.82, 2.24) is 15.2 Å². The Morgan fingerprint density at radius 1 is 1.00 bits per heavy atom. The Kier molecular flexibility index (Phi) is 5.18. The van der Waals surface area contributed by atoms with Crippen LogP contribution in [0, 0.1) is 6.92 Å². The topological polar surface area (TPSA) is 80.2 Å². The first-order valence-electron chi connectivity index (χ1n) is 9.90. The van der Waals surface area contributed by atoms with E-state index in [1.165, 1.54) is 22.9 Å².